The maximum Gasteiger partial charge on any atom is 0.136 e. The third-order valence-corrected chi connectivity index (χ3v) is 4.78. The highest BCUT2D eigenvalue weighted by Crippen LogP contribution is 2.31. The number of rotatable bonds is 1. The van der Waals surface area contributed by atoms with E-state index in [1.54, 1.807) is 0 Å². The van der Waals surface area contributed by atoms with Crippen molar-refractivity contribution in [1.29, 1.82) is 0 Å². The van der Waals surface area contributed by atoms with Crippen LogP contribution in [0.15, 0.2) is 17.7 Å². The van der Waals surface area contributed by atoms with Crippen LogP contribution in [0.1, 0.15) is 75.1 Å². The zero-order valence-corrected chi connectivity index (χ0v) is 14.1. The highest BCUT2D eigenvalue weighted by atomic mass is 16.1. The minimum Gasteiger partial charge on any atom is -0.299 e. The molecule has 1 aromatic rings. The fourth-order valence-corrected chi connectivity index (χ4v) is 3.20. The predicted molar refractivity (Wildman–Crippen MR) is 90.6 cm³/mol. The summed E-state index contributed by atoms with van der Waals surface area (Å²) in [5.74, 6) is 1.14. The minimum atomic E-state index is 0.186. The summed E-state index contributed by atoms with van der Waals surface area (Å²) < 4.78 is 0. The number of Topliss-reactive ketones (excluding diaryl/α,β-unsaturated/α-hetero) is 1. The second-order valence-corrected chi connectivity index (χ2v) is 6.92. The molecular weight excluding hydrogens is 256 g/mol. The highest BCUT2D eigenvalue weighted by molar-refractivity contribution is 5.81. The summed E-state index contributed by atoms with van der Waals surface area (Å²) in [5, 5.41) is 0. The largest absolute Gasteiger partial charge is 0.299 e. The molecular formula is C20H28O. The molecule has 0 aromatic heterocycles. The van der Waals surface area contributed by atoms with E-state index in [1.165, 1.54) is 27.8 Å². The van der Waals surface area contributed by atoms with Gasteiger partial charge in [-0.25, -0.2) is 0 Å². The van der Waals surface area contributed by atoms with Crippen LogP contribution in [0, 0.1) is 12.8 Å². The number of aryl methyl sites for hydroxylation is 1. The Morgan fingerprint density at radius 2 is 1.81 bits per heavy atom. The Hall–Kier alpha value is -1.37. The van der Waals surface area contributed by atoms with Crippen molar-refractivity contribution in [2.24, 2.45) is 5.92 Å². The molecule has 0 heterocycles. The predicted octanol–water partition coefficient (Wildman–Crippen LogP) is 5.45. The van der Waals surface area contributed by atoms with E-state index in [0.717, 1.165) is 19.3 Å². The van der Waals surface area contributed by atoms with Gasteiger partial charge >= 0.3 is 0 Å². The molecule has 1 aliphatic rings. The molecule has 21 heavy (non-hydrogen) atoms. The topological polar surface area (TPSA) is 17.1 Å². The fraction of sp³-hybridized carbons (Fsp3) is 0.550. The molecule has 1 atom stereocenters. The van der Waals surface area contributed by atoms with Crippen molar-refractivity contribution in [2.75, 3.05) is 0 Å². The van der Waals surface area contributed by atoms with Gasteiger partial charge in [0.25, 0.3) is 0 Å². The number of allylic oxidation sites excluding steroid dienone is 1. The molecule has 114 valence electrons. The quantitative estimate of drug-likeness (QED) is 0.670. The van der Waals surface area contributed by atoms with E-state index in [0.29, 0.717) is 18.1 Å². The van der Waals surface area contributed by atoms with Crippen LogP contribution in [0.4, 0.5) is 0 Å². The van der Waals surface area contributed by atoms with Gasteiger partial charge in [0.2, 0.25) is 0 Å². The van der Waals surface area contributed by atoms with E-state index < -0.39 is 0 Å². The number of benzene rings is 1. The van der Waals surface area contributed by atoms with E-state index in [4.69, 9.17) is 0 Å². The Bertz CT molecular complexity index is 563. The number of carbonyl (C=O) groups is 1. The maximum atomic E-state index is 12.1. The minimum absolute atomic E-state index is 0.186. The van der Waals surface area contributed by atoms with Crippen LogP contribution < -0.4 is 0 Å². The van der Waals surface area contributed by atoms with E-state index in [-0.39, 0.29) is 5.92 Å². The van der Waals surface area contributed by atoms with Crippen molar-refractivity contribution in [3.63, 3.8) is 0 Å². The summed E-state index contributed by atoms with van der Waals surface area (Å²) in [5.41, 5.74) is 6.99. The highest BCUT2D eigenvalue weighted by Gasteiger charge is 2.18. The summed E-state index contributed by atoms with van der Waals surface area (Å²) in [4.78, 5) is 12.1. The molecule has 1 nitrogen and oxygen atoms in total. The van der Waals surface area contributed by atoms with E-state index in [1.807, 2.05) is 0 Å². The van der Waals surface area contributed by atoms with Crippen LogP contribution in [0.5, 0.6) is 0 Å². The zero-order chi connectivity index (χ0) is 15.6. The summed E-state index contributed by atoms with van der Waals surface area (Å²) in [7, 11) is 0. The molecule has 0 saturated heterocycles. The molecule has 0 spiro atoms. The number of carbonyl (C=O) groups excluding carboxylic acids is 1. The lowest BCUT2D eigenvalue weighted by Crippen LogP contribution is -2.14. The van der Waals surface area contributed by atoms with Crippen LogP contribution >= 0.6 is 0 Å². The summed E-state index contributed by atoms with van der Waals surface area (Å²) in [6.07, 6.45) is 5.91. The third kappa shape index (κ3) is 3.64. The number of ketones is 1. The molecule has 1 aromatic carbocycles. The van der Waals surface area contributed by atoms with Gasteiger partial charge in [-0.15, -0.1) is 0 Å². The van der Waals surface area contributed by atoms with Crippen LogP contribution in [0.3, 0.4) is 0 Å². The van der Waals surface area contributed by atoms with Gasteiger partial charge in [0, 0.05) is 12.3 Å². The molecule has 0 N–H and O–H groups in total. The second-order valence-electron chi connectivity index (χ2n) is 6.92. The smallest absolute Gasteiger partial charge is 0.136 e. The van der Waals surface area contributed by atoms with Crippen molar-refractivity contribution < 1.29 is 4.79 Å². The molecule has 0 bridgehead atoms. The zero-order valence-electron chi connectivity index (χ0n) is 14.1. The van der Waals surface area contributed by atoms with Gasteiger partial charge in [0.1, 0.15) is 5.78 Å². The molecule has 0 radical (unpaired) electrons. The van der Waals surface area contributed by atoms with Gasteiger partial charge in [-0.05, 0) is 61.3 Å². The van der Waals surface area contributed by atoms with Gasteiger partial charge in [-0.1, -0.05) is 44.6 Å². The monoisotopic (exact) mass is 284 g/mol. The van der Waals surface area contributed by atoms with Crippen LogP contribution in [-0.4, -0.2) is 5.78 Å². The first-order valence-electron chi connectivity index (χ1n) is 8.22. The molecule has 1 heteroatoms. The first-order valence-corrected chi connectivity index (χ1v) is 8.22. The fourth-order valence-electron chi connectivity index (χ4n) is 3.20. The van der Waals surface area contributed by atoms with E-state index in [9.17, 15) is 4.79 Å². The Labute approximate surface area is 129 Å². The van der Waals surface area contributed by atoms with E-state index >= 15 is 0 Å². The van der Waals surface area contributed by atoms with Crippen molar-refractivity contribution in [2.45, 2.75) is 66.2 Å². The summed E-state index contributed by atoms with van der Waals surface area (Å²) >= 11 is 0. The molecule has 0 amide bonds. The van der Waals surface area contributed by atoms with Gasteiger partial charge in [-0.3, -0.25) is 4.79 Å². The van der Waals surface area contributed by atoms with Crippen LogP contribution in [-0.2, 0) is 11.2 Å². The maximum absolute atomic E-state index is 12.1. The average Bonchev–Trinajstić information content (AvgIpc) is 2.42. The number of hydrogen-bond acceptors (Lipinski definition) is 1. The summed E-state index contributed by atoms with van der Waals surface area (Å²) in [6.45, 7) is 11.0. The van der Waals surface area contributed by atoms with Gasteiger partial charge < -0.3 is 0 Å². The standard InChI is InChI=1S/C20H28O/c1-13(2)17-9-7-15(4)18-10-8-16(5)20(21)11-6-14(3)12-19(17)18/h7,9,12-13,16H,6,8,10-11H2,1-5H3/b14-12-/t16-/m1/s1. The van der Waals surface area contributed by atoms with Crippen molar-refractivity contribution in [3.8, 4) is 0 Å². The first-order chi connectivity index (χ1) is 9.90. The third-order valence-electron chi connectivity index (χ3n) is 4.78. The first kappa shape index (κ1) is 16.0. The molecule has 0 aliphatic heterocycles. The normalized spacial score (nSPS) is 22.7. The lowest BCUT2D eigenvalue weighted by Gasteiger charge is -2.21. The molecule has 2 rings (SSSR count). The van der Waals surface area contributed by atoms with Crippen molar-refractivity contribution in [3.05, 3.63) is 40.0 Å². The molecule has 0 unspecified atom stereocenters. The van der Waals surface area contributed by atoms with E-state index in [2.05, 4.69) is 52.8 Å². The van der Waals surface area contributed by atoms with Gasteiger partial charge in [0.05, 0.1) is 0 Å². The Kier molecular flexibility index (Phi) is 5.03. The van der Waals surface area contributed by atoms with Gasteiger partial charge in [-0.2, -0.15) is 0 Å². The summed E-state index contributed by atoms with van der Waals surface area (Å²) in [6, 6.07) is 4.53. The molecule has 1 aliphatic carbocycles. The van der Waals surface area contributed by atoms with Crippen LogP contribution in [0.25, 0.3) is 6.08 Å². The lowest BCUT2D eigenvalue weighted by molar-refractivity contribution is -0.122. The van der Waals surface area contributed by atoms with Crippen LogP contribution in [0.2, 0.25) is 0 Å². The van der Waals surface area contributed by atoms with Gasteiger partial charge in [0.15, 0.2) is 0 Å². The molecule has 0 fully saturated rings. The Morgan fingerprint density at radius 1 is 1.10 bits per heavy atom. The Morgan fingerprint density at radius 3 is 2.48 bits per heavy atom. The van der Waals surface area contributed by atoms with Crippen molar-refractivity contribution >= 4 is 11.9 Å². The Balaban J connectivity index is 2.55. The molecule has 0 saturated carbocycles. The second kappa shape index (κ2) is 6.60. The number of hydrogen-bond donors (Lipinski definition) is 0. The average molecular weight is 284 g/mol. The SMILES string of the molecule is C/C1=C/c2c(C(C)C)ccc(C)c2CC[C@@H](C)C(=O)CC1. The van der Waals surface area contributed by atoms with Crippen molar-refractivity contribution in [1.82, 2.24) is 0 Å². The lowest BCUT2D eigenvalue weighted by atomic mass is 9.84. The number of fused-ring (bicyclic) bond motifs is 1.